The molecule has 1 heterocycles. The quantitative estimate of drug-likeness (QED) is 0.486. The summed E-state index contributed by atoms with van der Waals surface area (Å²) in [7, 11) is 1.60. The van der Waals surface area contributed by atoms with E-state index >= 15 is 0 Å². The normalized spacial score (nSPS) is 14.6. The molecule has 0 unspecified atom stereocenters. The second-order valence-corrected chi connectivity index (χ2v) is 6.61. The number of carbonyl (C=O) groups excluding carboxylic acids is 3. The number of anilines is 1. The summed E-state index contributed by atoms with van der Waals surface area (Å²) in [4.78, 5) is 38.0. The molecule has 1 saturated heterocycles. The Balaban J connectivity index is 1.80. The molecule has 154 valence electrons. The number of nitrogens with one attached hydrogen (secondary N) is 2. The molecule has 2 N–H and O–H groups in total. The lowest BCUT2D eigenvalue weighted by atomic mass is 9.96. The summed E-state index contributed by atoms with van der Waals surface area (Å²) in [5.74, 6) is -0.525. The van der Waals surface area contributed by atoms with Crippen LogP contribution in [0.25, 0.3) is 0 Å². The third-order valence-corrected chi connectivity index (χ3v) is 4.59. The maximum atomic E-state index is 12.6. The van der Waals surface area contributed by atoms with E-state index in [1.807, 2.05) is 0 Å². The van der Waals surface area contributed by atoms with Gasteiger partial charge in [-0.25, -0.2) is 0 Å². The summed E-state index contributed by atoms with van der Waals surface area (Å²) in [6.45, 7) is 4.58. The Kier molecular flexibility index (Phi) is 8.90. The second-order valence-electron chi connectivity index (χ2n) is 6.61. The van der Waals surface area contributed by atoms with E-state index in [4.69, 9.17) is 9.47 Å². The number of methoxy groups -OCH3 is 1. The maximum Gasteiger partial charge on any atom is 0.309 e. The Hall–Kier alpha value is -2.45. The van der Waals surface area contributed by atoms with E-state index in [9.17, 15) is 14.4 Å². The number of amides is 2. The van der Waals surface area contributed by atoms with E-state index in [1.165, 1.54) is 0 Å². The highest BCUT2D eigenvalue weighted by Gasteiger charge is 2.28. The summed E-state index contributed by atoms with van der Waals surface area (Å²) in [5.41, 5.74) is 1.20. The van der Waals surface area contributed by atoms with E-state index in [2.05, 4.69) is 10.6 Å². The zero-order chi connectivity index (χ0) is 20.4. The van der Waals surface area contributed by atoms with Crippen LogP contribution in [0.2, 0.25) is 0 Å². The summed E-state index contributed by atoms with van der Waals surface area (Å²) in [6, 6.07) is 6.83. The van der Waals surface area contributed by atoms with Crippen LogP contribution in [-0.2, 0) is 19.1 Å². The van der Waals surface area contributed by atoms with Gasteiger partial charge in [0.15, 0.2) is 0 Å². The number of ether oxygens (including phenoxy) is 2. The zero-order valence-electron chi connectivity index (χ0n) is 16.5. The molecule has 1 fully saturated rings. The fourth-order valence-corrected chi connectivity index (χ4v) is 3.04. The number of benzene rings is 1. The first-order chi connectivity index (χ1) is 13.5. The molecular weight excluding hydrogens is 362 g/mol. The summed E-state index contributed by atoms with van der Waals surface area (Å²) in [6.07, 6.45) is 1.24. The molecule has 8 heteroatoms. The molecule has 28 heavy (non-hydrogen) atoms. The molecule has 0 aliphatic carbocycles. The molecule has 2 amide bonds. The van der Waals surface area contributed by atoms with Crippen LogP contribution in [0.3, 0.4) is 0 Å². The summed E-state index contributed by atoms with van der Waals surface area (Å²) < 4.78 is 9.96. The minimum Gasteiger partial charge on any atom is -0.466 e. The van der Waals surface area contributed by atoms with Crippen molar-refractivity contribution in [1.82, 2.24) is 10.2 Å². The predicted octanol–water partition coefficient (Wildman–Crippen LogP) is 1.28. The molecule has 0 aromatic heterocycles. The first-order valence-corrected chi connectivity index (χ1v) is 9.60. The van der Waals surface area contributed by atoms with Crippen molar-refractivity contribution >= 4 is 23.5 Å². The van der Waals surface area contributed by atoms with Crippen molar-refractivity contribution in [2.45, 2.75) is 19.8 Å². The molecule has 1 aliphatic heterocycles. The monoisotopic (exact) mass is 391 g/mol. The highest BCUT2D eigenvalue weighted by Crippen LogP contribution is 2.21. The Bertz CT molecular complexity index is 654. The van der Waals surface area contributed by atoms with Gasteiger partial charge in [-0.15, -0.1) is 0 Å². The SMILES string of the molecule is CCOC(=O)C1CCN(C(=O)c2ccc(NC(=O)CNCCOC)cc2)CC1. The molecule has 8 nitrogen and oxygen atoms in total. The van der Waals surface area contributed by atoms with Gasteiger partial charge >= 0.3 is 5.97 Å². The van der Waals surface area contributed by atoms with Crippen LogP contribution in [0.5, 0.6) is 0 Å². The molecule has 0 bridgehead atoms. The van der Waals surface area contributed by atoms with Gasteiger partial charge in [0, 0.05) is 38.0 Å². The van der Waals surface area contributed by atoms with E-state index < -0.39 is 0 Å². The Morgan fingerprint density at radius 3 is 2.43 bits per heavy atom. The van der Waals surface area contributed by atoms with Crippen molar-refractivity contribution in [2.75, 3.05) is 51.8 Å². The average Bonchev–Trinajstić information content (AvgIpc) is 2.71. The van der Waals surface area contributed by atoms with Crippen LogP contribution < -0.4 is 10.6 Å². The van der Waals surface area contributed by atoms with Crippen LogP contribution in [0.4, 0.5) is 5.69 Å². The molecule has 2 rings (SSSR count). The van der Waals surface area contributed by atoms with Gasteiger partial charge in [-0.1, -0.05) is 0 Å². The summed E-state index contributed by atoms with van der Waals surface area (Å²) >= 11 is 0. The molecule has 1 aliphatic rings. The van der Waals surface area contributed by atoms with Gasteiger partial charge < -0.3 is 25.0 Å². The number of likely N-dealkylation sites (tertiary alicyclic amines) is 1. The van der Waals surface area contributed by atoms with Crippen LogP contribution in [-0.4, -0.2) is 69.2 Å². The minimum absolute atomic E-state index is 0.0681. The van der Waals surface area contributed by atoms with Crippen molar-refractivity contribution in [3.05, 3.63) is 29.8 Å². The number of esters is 1. The van der Waals surface area contributed by atoms with Gasteiger partial charge in [0.1, 0.15) is 0 Å². The van der Waals surface area contributed by atoms with Crippen molar-refractivity contribution in [1.29, 1.82) is 0 Å². The number of carbonyl (C=O) groups is 3. The van der Waals surface area contributed by atoms with Gasteiger partial charge in [-0.05, 0) is 44.0 Å². The standard InChI is InChI=1S/C20H29N3O5/c1-3-28-20(26)16-8-11-23(12-9-16)19(25)15-4-6-17(7-5-15)22-18(24)14-21-10-13-27-2/h4-7,16,21H,3,8-14H2,1-2H3,(H,22,24). The highest BCUT2D eigenvalue weighted by molar-refractivity contribution is 5.96. The molecule has 1 aromatic carbocycles. The Morgan fingerprint density at radius 1 is 1.14 bits per heavy atom. The molecule has 0 saturated carbocycles. The smallest absolute Gasteiger partial charge is 0.309 e. The first kappa shape index (κ1) is 21.8. The van der Waals surface area contributed by atoms with Crippen molar-refractivity contribution in [3.8, 4) is 0 Å². The van der Waals surface area contributed by atoms with Gasteiger partial charge in [-0.2, -0.15) is 0 Å². The maximum absolute atomic E-state index is 12.6. The van der Waals surface area contributed by atoms with Crippen LogP contribution in [0, 0.1) is 5.92 Å². The number of hydrogen-bond donors (Lipinski definition) is 2. The van der Waals surface area contributed by atoms with E-state index in [0.717, 1.165) is 0 Å². The molecular formula is C20H29N3O5. The third-order valence-electron chi connectivity index (χ3n) is 4.59. The molecule has 0 spiro atoms. The average molecular weight is 391 g/mol. The number of rotatable bonds is 9. The Morgan fingerprint density at radius 2 is 1.82 bits per heavy atom. The third kappa shape index (κ3) is 6.61. The number of nitrogens with zero attached hydrogens (tertiary/aromatic N) is 1. The predicted molar refractivity (Wildman–Crippen MR) is 105 cm³/mol. The van der Waals surface area contributed by atoms with Gasteiger partial charge in [0.05, 0.1) is 25.7 Å². The van der Waals surface area contributed by atoms with Gasteiger partial charge in [0.2, 0.25) is 5.91 Å². The lowest BCUT2D eigenvalue weighted by molar-refractivity contribution is -0.149. The lowest BCUT2D eigenvalue weighted by Gasteiger charge is -2.31. The van der Waals surface area contributed by atoms with Crippen molar-refractivity contribution in [2.24, 2.45) is 5.92 Å². The number of piperidine rings is 1. The summed E-state index contributed by atoms with van der Waals surface area (Å²) in [5, 5.41) is 5.74. The van der Waals surface area contributed by atoms with Crippen molar-refractivity contribution in [3.63, 3.8) is 0 Å². The zero-order valence-corrected chi connectivity index (χ0v) is 16.5. The van der Waals surface area contributed by atoms with E-state index in [0.29, 0.717) is 56.9 Å². The van der Waals surface area contributed by atoms with E-state index in [-0.39, 0.29) is 30.2 Å². The number of hydrogen-bond acceptors (Lipinski definition) is 6. The second kappa shape index (κ2) is 11.4. The largest absolute Gasteiger partial charge is 0.466 e. The van der Waals surface area contributed by atoms with Gasteiger partial charge in [0.25, 0.3) is 5.91 Å². The van der Waals surface area contributed by atoms with Gasteiger partial charge in [-0.3, -0.25) is 14.4 Å². The van der Waals surface area contributed by atoms with Crippen LogP contribution >= 0.6 is 0 Å². The molecule has 1 aromatic rings. The molecule has 0 atom stereocenters. The lowest BCUT2D eigenvalue weighted by Crippen LogP contribution is -2.40. The molecule has 0 radical (unpaired) electrons. The Labute approximate surface area is 165 Å². The fourth-order valence-electron chi connectivity index (χ4n) is 3.04. The van der Waals surface area contributed by atoms with Crippen LogP contribution in [0.15, 0.2) is 24.3 Å². The topological polar surface area (TPSA) is 97.0 Å². The van der Waals surface area contributed by atoms with E-state index in [1.54, 1.807) is 43.2 Å². The minimum atomic E-state index is -0.175. The highest BCUT2D eigenvalue weighted by atomic mass is 16.5. The van der Waals surface area contributed by atoms with Crippen molar-refractivity contribution < 1.29 is 23.9 Å². The first-order valence-electron chi connectivity index (χ1n) is 9.60. The fraction of sp³-hybridized carbons (Fsp3) is 0.550. The van der Waals surface area contributed by atoms with Crippen LogP contribution in [0.1, 0.15) is 30.1 Å².